The normalized spacial score (nSPS) is 16.5. The van der Waals surface area contributed by atoms with Crippen molar-refractivity contribution >= 4 is 44.7 Å². The van der Waals surface area contributed by atoms with Crippen molar-refractivity contribution in [3.8, 4) is 0 Å². The molecule has 1 aromatic heterocycles. The number of hydrogen-bond donors (Lipinski definition) is 1. The molecule has 0 radical (unpaired) electrons. The lowest BCUT2D eigenvalue weighted by Gasteiger charge is -2.11. The predicted octanol–water partition coefficient (Wildman–Crippen LogP) is 5.41. The molecule has 1 aliphatic heterocycles. The van der Waals surface area contributed by atoms with E-state index < -0.39 is 9.84 Å². The lowest BCUT2D eigenvalue weighted by Crippen LogP contribution is -2.09. The highest BCUT2D eigenvalue weighted by Gasteiger charge is 2.29. The molecule has 0 saturated heterocycles. The quantitative estimate of drug-likeness (QED) is 0.377. The summed E-state index contributed by atoms with van der Waals surface area (Å²) in [6.07, 6.45) is 5.97. The number of rotatable bonds is 6. The second-order valence-electron chi connectivity index (χ2n) is 8.46. The Bertz CT molecular complexity index is 1360. The third-order valence-electron chi connectivity index (χ3n) is 6.27. The van der Waals surface area contributed by atoms with Crippen LogP contribution in [0.25, 0.3) is 11.6 Å². The Hall–Kier alpha value is -2.83. The van der Waals surface area contributed by atoms with Gasteiger partial charge < -0.3 is 9.73 Å². The predicted molar refractivity (Wildman–Crippen MR) is 130 cm³/mol. The topological polar surface area (TPSA) is 76.4 Å². The molecule has 2 aliphatic rings. The van der Waals surface area contributed by atoms with Crippen LogP contribution in [0.5, 0.6) is 0 Å². The molecule has 170 valence electrons. The van der Waals surface area contributed by atoms with Crippen molar-refractivity contribution in [2.45, 2.75) is 42.8 Å². The molecular weight excluding hydrogens is 458 g/mol. The van der Waals surface area contributed by atoms with Gasteiger partial charge in [-0.05, 0) is 67.2 Å². The van der Waals surface area contributed by atoms with Crippen LogP contribution in [0, 0.1) is 0 Å². The summed E-state index contributed by atoms with van der Waals surface area (Å²) < 4.78 is 32.6. The summed E-state index contributed by atoms with van der Waals surface area (Å²) in [6, 6.07) is 14.3. The number of aryl methyl sites for hydroxylation is 2. The number of furan rings is 1. The van der Waals surface area contributed by atoms with E-state index in [0.717, 1.165) is 53.8 Å². The summed E-state index contributed by atoms with van der Waals surface area (Å²) in [5, 5.41) is 2.89. The average molecular weight is 482 g/mol. The van der Waals surface area contributed by atoms with Crippen LogP contribution in [0.15, 0.2) is 57.8 Å². The first-order chi connectivity index (χ1) is 16.0. The van der Waals surface area contributed by atoms with Gasteiger partial charge in [0.1, 0.15) is 11.5 Å². The Morgan fingerprint density at radius 3 is 2.64 bits per heavy atom. The molecule has 0 bridgehead atoms. The minimum Gasteiger partial charge on any atom is -0.461 e. The molecule has 1 N–H and O–H groups in total. The van der Waals surface area contributed by atoms with E-state index in [1.807, 2.05) is 18.2 Å². The number of nitrogens with one attached hydrogen (secondary N) is 1. The second-order valence-corrected chi connectivity index (χ2v) is 10.8. The number of halogens is 1. The fourth-order valence-corrected chi connectivity index (χ4v) is 6.26. The van der Waals surface area contributed by atoms with E-state index in [1.165, 1.54) is 0 Å². The van der Waals surface area contributed by atoms with Gasteiger partial charge >= 0.3 is 0 Å². The van der Waals surface area contributed by atoms with E-state index in [9.17, 15) is 13.2 Å². The highest BCUT2D eigenvalue weighted by molar-refractivity contribution is 7.90. The first-order valence-electron chi connectivity index (χ1n) is 11.1. The number of carbonyl (C=O) groups excluding carboxylic acids is 1. The summed E-state index contributed by atoms with van der Waals surface area (Å²) in [6.45, 7) is 0. The van der Waals surface area contributed by atoms with Crippen LogP contribution in [0.2, 0.25) is 0 Å². The molecule has 5 rings (SSSR count). The van der Waals surface area contributed by atoms with Gasteiger partial charge in [-0.15, -0.1) is 11.6 Å². The molecule has 1 aliphatic carbocycles. The monoisotopic (exact) mass is 481 g/mol. The number of anilines is 1. The maximum atomic E-state index is 13.2. The second kappa shape index (κ2) is 8.84. The highest BCUT2D eigenvalue weighted by atomic mass is 35.5. The van der Waals surface area contributed by atoms with Crippen molar-refractivity contribution in [1.29, 1.82) is 0 Å². The van der Waals surface area contributed by atoms with Crippen molar-refractivity contribution < 1.29 is 17.6 Å². The Balaban J connectivity index is 1.60. The zero-order valence-electron chi connectivity index (χ0n) is 18.1. The standard InChI is InChI=1S/C26H24ClNO4S/c27-13-12-17-10-11-23-20(14-17)21(26(29)28-23)15-25-22(19-8-4-5-9-24(19)32-25)16-33(30,31)18-6-2-1-3-7-18/h1-3,6-7,10-11,14-15H,4-5,8-9,12-13,16H2,(H,28,29). The van der Waals surface area contributed by atoms with Gasteiger partial charge in [0.2, 0.25) is 0 Å². The molecule has 1 amide bonds. The van der Waals surface area contributed by atoms with E-state index >= 15 is 0 Å². The molecule has 5 nitrogen and oxygen atoms in total. The van der Waals surface area contributed by atoms with E-state index in [1.54, 1.807) is 36.4 Å². The Morgan fingerprint density at radius 1 is 1.06 bits per heavy atom. The van der Waals surface area contributed by atoms with Gasteiger partial charge in [0.25, 0.3) is 5.91 Å². The Morgan fingerprint density at radius 2 is 1.85 bits per heavy atom. The summed E-state index contributed by atoms with van der Waals surface area (Å²) in [4.78, 5) is 13.1. The van der Waals surface area contributed by atoms with Crippen LogP contribution < -0.4 is 5.32 Å². The van der Waals surface area contributed by atoms with Gasteiger partial charge in [-0.2, -0.15) is 0 Å². The molecule has 2 heterocycles. The zero-order valence-corrected chi connectivity index (χ0v) is 19.6. The van der Waals surface area contributed by atoms with Crippen LogP contribution >= 0.6 is 11.6 Å². The molecule has 0 unspecified atom stereocenters. The van der Waals surface area contributed by atoms with Gasteiger partial charge in [0.05, 0.1) is 16.2 Å². The summed E-state index contributed by atoms with van der Waals surface area (Å²) in [7, 11) is -3.57. The molecular formula is C26H24ClNO4S. The van der Waals surface area contributed by atoms with Crippen LogP contribution in [0.1, 0.15) is 46.6 Å². The summed E-state index contributed by atoms with van der Waals surface area (Å²) in [5.74, 6) is 1.41. The van der Waals surface area contributed by atoms with Crippen LogP contribution in [0.4, 0.5) is 5.69 Å². The third kappa shape index (κ3) is 4.25. The number of sulfone groups is 1. The first kappa shape index (κ1) is 22.0. The number of amides is 1. The largest absolute Gasteiger partial charge is 0.461 e. The van der Waals surface area contributed by atoms with Crippen molar-refractivity contribution in [3.63, 3.8) is 0 Å². The number of benzene rings is 2. The fourth-order valence-electron chi connectivity index (χ4n) is 4.60. The molecule has 2 aromatic carbocycles. The van der Waals surface area contributed by atoms with Gasteiger partial charge in [0.15, 0.2) is 9.84 Å². The van der Waals surface area contributed by atoms with Gasteiger partial charge in [-0.3, -0.25) is 4.79 Å². The lowest BCUT2D eigenvalue weighted by atomic mass is 9.94. The van der Waals surface area contributed by atoms with E-state index in [2.05, 4.69) is 5.32 Å². The van der Waals surface area contributed by atoms with Gasteiger partial charge in [-0.25, -0.2) is 8.42 Å². The molecule has 0 fully saturated rings. The molecule has 0 spiro atoms. The first-order valence-corrected chi connectivity index (χ1v) is 13.3. The van der Waals surface area contributed by atoms with E-state index in [0.29, 0.717) is 29.2 Å². The fraction of sp³-hybridized carbons (Fsp3) is 0.269. The maximum absolute atomic E-state index is 13.2. The maximum Gasteiger partial charge on any atom is 0.256 e. The Kier molecular flexibility index (Phi) is 5.89. The van der Waals surface area contributed by atoms with Crippen LogP contribution in [-0.2, 0) is 39.6 Å². The molecule has 33 heavy (non-hydrogen) atoms. The molecule has 0 atom stereocenters. The number of alkyl halides is 1. The molecule has 7 heteroatoms. The molecule has 0 saturated carbocycles. The SMILES string of the molecule is O=C1Nc2ccc(CCCl)cc2C1=Cc1oc2c(c1CS(=O)(=O)c1ccccc1)CCCC2. The van der Waals surface area contributed by atoms with Crippen LogP contribution in [-0.4, -0.2) is 20.2 Å². The van der Waals surface area contributed by atoms with Crippen molar-refractivity contribution in [2.24, 2.45) is 0 Å². The number of hydrogen-bond acceptors (Lipinski definition) is 4. The van der Waals surface area contributed by atoms with Gasteiger partial charge in [0, 0.05) is 29.1 Å². The van der Waals surface area contributed by atoms with Crippen LogP contribution in [0.3, 0.4) is 0 Å². The minimum atomic E-state index is -3.57. The van der Waals surface area contributed by atoms with Crippen molar-refractivity contribution in [1.82, 2.24) is 0 Å². The lowest BCUT2D eigenvalue weighted by molar-refractivity contribution is -0.110. The van der Waals surface area contributed by atoms with Crippen molar-refractivity contribution in [2.75, 3.05) is 11.2 Å². The third-order valence-corrected chi connectivity index (χ3v) is 8.12. The molecule has 3 aromatic rings. The van der Waals surface area contributed by atoms with E-state index in [4.69, 9.17) is 16.0 Å². The highest BCUT2D eigenvalue weighted by Crippen LogP contribution is 2.38. The number of carbonyl (C=O) groups is 1. The Labute approximate surface area is 198 Å². The van der Waals surface area contributed by atoms with Gasteiger partial charge in [-0.1, -0.05) is 24.3 Å². The smallest absolute Gasteiger partial charge is 0.256 e. The van der Waals surface area contributed by atoms with Crippen molar-refractivity contribution in [3.05, 3.63) is 82.3 Å². The average Bonchev–Trinajstić information content (AvgIpc) is 3.31. The number of fused-ring (bicyclic) bond motifs is 2. The summed E-state index contributed by atoms with van der Waals surface area (Å²) >= 11 is 5.90. The minimum absolute atomic E-state index is 0.157. The summed E-state index contributed by atoms with van der Waals surface area (Å²) in [5.41, 5.74) is 4.68. The van der Waals surface area contributed by atoms with E-state index in [-0.39, 0.29) is 16.6 Å². The zero-order chi connectivity index (χ0) is 23.0.